The van der Waals surface area contributed by atoms with Crippen LogP contribution in [0.25, 0.3) is 0 Å². The predicted molar refractivity (Wildman–Crippen MR) is 88.4 cm³/mol. The van der Waals surface area contributed by atoms with Crippen LogP contribution in [-0.2, 0) is 4.74 Å². The van der Waals surface area contributed by atoms with Gasteiger partial charge < -0.3 is 19.9 Å². The zero-order chi connectivity index (χ0) is 15.8. The third-order valence-corrected chi connectivity index (χ3v) is 4.16. The van der Waals surface area contributed by atoms with Gasteiger partial charge in [-0.25, -0.2) is 4.98 Å². The molecule has 0 aromatic carbocycles. The highest BCUT2D eigenvalue weighted by molar-refractivity contribution is 5.36. The Hall–Kier alpha value is -1.40. The number of nitrogens with one attached hydrogen (secondary N) is 2. The van der Waals surface area contributed by atoms with E-state index in [0.29, 0.717) is 17.9 Å². The minimum absolute atomic E-state index is 0.109. The number of hydrogen-bond donors (Lipinski definition) is 2. The predicted octanol–water partition coefficient (Wildman–Crippen LogP) is 1.53. The van der Waals surface area contributed by atoms with Gasteiger partial charge in [-0.1, -0.05) is 19.8 Å². The topological polar surface area (TPSA) is 70.2 Å². The first-order valence-corrected chi connectivity index (χ1v) is 8.28. The van der Waals surface area contributed by atoms with Crippen molar-refractivity contribution in [2.24, 2.45) is 0 Å². The van der Waals surface area contributed by atoms with Gasteiger partial charge in [0.05, 0.1) is 6.61 Å². The Bertz CT molecular complexity index is 491. The lowest BCUT2D eigenvalue weighted by Crippen LogP contribution is -2.51. The summed E-state index contributed by atoms with van der Waals surface area (Å²) in [7, 11) is 1.75. The van der Waals surface area contributed by atoms with Crippen molar-refractivity contribution >= 4 is 5.82 Å². The van der Waals surface area contributed by atoms with Gasteiger partial charge in [-0.15, -0.1) is 0 Å². The second-order valence-corrected chi connectivity index (χ2v) is 5.99. The number of ether oxygens (including phenoxy) is 1. The molecule has 1 saturated heterocycles. The molecule has 0 radical (unpaired) electrons. The van der Waals surface area contributed by atoms with Gasteiger partial charge in [0.2, 0.25) is 0 Å². The van der Waals surface area contributed by atoms with Crippen molar-refractivity contribution in [3.05, 3.63) is 22.7 Å². The van der Waals surface area contributed by atoms with Gasteiger partial charge >= 0.3 is 0 Å². The molecule has 1 aromatic rings. The number of hydrogen-bond acceptors (Lipinski definition) is 5. The largest absolute Gasteiger partial charge is 0.383 e. The van der Waals surface area contributed by atoms with Crippen LogP contribution >= 0.6 is 0 Å². The van der Waals surface area contributed by atoms with Crippen LogP contribution in [-0.4, -0.2) is 48.9 Å². The average Bonchev–Trinajstić information content (AvgIpc) is 2.53. The minimum Gasteiger partial charge on any atom is -0.383 e. The van der Waals surface area contributed by atoms with Gasteiger partial charge in [0.15, 0.2) is 5.82 Å². The van der Waals surface area contributed by atoms with E-state index >= 15 is 0 Å². The second kappa shape index (κ2) is 8.90. The number of piperidine rings is 1. The van der Waals surface area contributed by atoms with Crippen molar-refractivity contribution in [1.29, 1.82) is 0 Å². The zero-order valence-electron chi connectivity index (χ0n) is 13.7. The van der Waals surface area contributed by atoms with Crippen molar-refractivity contribution in [2.45, 2.75) is 51.1 Å². The van der Waals surface area contributed by atoms with E-state index < -0.39 is 0 Å². The number of nitrogens with zero attached hydrogens (tertiary/aromatic N) is 2. The molecule has 0 spiro atoms. The Kier molecular flexibility index (Phi) is 6.86. The Morgan fingerprint density at radius 1 is 1.59 bits per heavy atom. The molecule has 124 valence electrons. The lowest BCUT2D eigenvalue weighted by molar-refractivity contribution is 0.153. The smallest absolute Gasteiger partial charge is 0.290 e. The van der Waals surface area contributed by atoms with Crippen molar-refractivity contribution in [3.63, 3.8) is 0 Å². The summed E-state index contributed by atoms with van der Waals surface area (Å²) in [6.45, 7) is 4.66. The maximum absolute atomic E-state index is 11.9. The second-order valence-electron chi connectivity index (χ2n) is 5.99. The van der Waals surface area contributed by atoms with E-state index in [-0.39, 0.29) is 5.56 Å². The number of rotatable bonds is 8. The van der Waals surface area contributed by atoms with Crippen molar-refractivity contribution in [2.75, 3.05) is 31.7 Å². The average molecular weight is 308 g/mol. The zero-order valence-corrected chi connectivity index (χ0v) is 13.7. The van der Waals surface area contributed by atoms with Gasteiger partial charge in [-0.2, -0.15) is 0 Å². The van der Waals surface area contributed by atoms with Crippen molar-refractivity contribution in [1.82, 2.24) is 15.3 Å². The van der Waals surface area contributed by atoms with Gasteiger partial charge in [0.1, 0.15) is 0 Å². The normalized spacial score (nSPS) is 20.1. The summed E-state index contributed by atoms with van der Waals surface area (Å²) in [5.41, 5.74) is -0.109. The Morgan fingerprint density at radius 3 is 3.18 bits per heavy atom. The molecule has 2 N–H and O–H groups in total. The standard InChI is InChI=1S/C16H28N4O2/c1-3-4-6-14(12-22-2)19-13-7-5-10-20(11-13)15-16(21)18-9-8-17-15/h8-9,13-14,19H,3-7,10-12H2,1-2H3,(H,18,21)/t13-,14+/m0/s1. The fraction of sp³-hybridized carbons (Fsp3) is 0.750. The first-order chi connectivity index (χ1) is 10.7. The van der Waals surface area contributed by atoms with E-state index in [1.54, 1.807) is 19.5 Å². The number of unbranched alkanes of at least 4 members (excludes halogenated alkanes) is 1. The number of aromatic amines is 1. The van der Waals surface area contributed by atoms with E-state index in [9.17, 15) is 4.79 Å². The molecule has 1 aromatic heterocycles. The molecule has 1 fully saturated rings. The van der Waals surface area contributed by atoms with Crippen LogP contribution in [0.15, 0.2) is 17.2 Å². The van der Waals surface area contributed by atoms with Gasteiger partial charge in [-0.05, 0) is 19.3 Å². The highest BCUT2D eigenvalue weighted by atomic mass is 16.5. The third-order valence-electron chi connectivity index (χ3n) is 4.16. The van der Waals surface area contributed by atoms with Crippen molar-refractivity contribution < 1.29 is 4.74 Å². The van der Waals surface area contributed by atoms with Crippen molar-refractivity contribution in [3.8, 4) is 0 Å². The highest BCUT2D eigenvalue weighted by Gasteiger charge is 2.24. The van der Waals surface area contributed by atoms with E-state index in [0.717, 1.165) is 39.0 Å². The number of H-pyrrole nitrogens is 1. The molecule has 6 nitrogen and oxygen atoms in total. The molecule has 2 atom stereocenters. The maximum atomic E-state index is 11.9. The molecule has 2 rings (SSSR count). The molecule has 0 amide bonds. The van der Waals surface area contributed by atoms with E-state index in [1.807, 2.05) is 0 Å². The number of anilines is 1. The van der Waals surface area contributed by atoms with Crippen LogP contribution in [0.2, 0.25) is 0 Å². The molecular formula is C16H28N4O2. The van der Waals surface area contributed by atoms with E-state index in [1.165, 1.54) is 12.8 Å². The SMILES string of the molecule is CCCC[C@H](COC)N[C@H]1CCCN(c2ncc[nH]c2=O)C1. The molecule has 22 heavy (non-hydrogen) atoms. The molecule has 0 saturated carbocycles. The Labute approximate surface area is 132 Å². The molecule has 2 heterocycles. The van der Waals surface area contributed by atoms with Gasteiger partial charge in [0.25, 0.3) is 5.56 Å². The molecule has 0 unspecified atom stereocenters. The van der Waals surface area contributed by atoms with Gasteiger partial charge in [-0.3, -0.25) is 4.79 Å². The van der Waals surface area contributed by atoms with Gasteiger partial charge in [0, 0.05) is 44.7 Å². The monoisotopic (exact) mass is 308 g/mol. The molecular weight excluding hydrogens is 280 g/mol. The summed E-state index contributed by atoms with van der Waals surface area (Å²) in [5, 5.41) is 3.70. The van der Waals surface area contributed by atoms with Crippen LogP contribution in [0, 0.1) is 0 Å². The Balaban J connectivity index is 1.94. The lowest BCUT2D eigenvalue weighted by atomic mass is 10.0. The van der Waals surface area contributed by atoms with Crippen LogP contribution < -0.4 is 15.8 Å². The fourth-order valence-corrected chi connectivity index (χ4v) is 3.07. The Morgan fingerprint density at radius 2 is 2.45 bits per heavy atom. The summed E-state index contributed by atoms with van der Waals surface area (Å²) in [6.07, 6.45) is 8.95. The number of methoxy groups -OCH3 is 1. The van der Waals surface area contributed by atoms with E-state index in [2.05, 4.69) is 27.1 Å². The minimum atomic E-state index is -0.109. The summed E-state index contributed by atoms with van der Waals surface area (Å²) in [5.74, 6) is 0.533. The maximum Gasteiger partial charge on any atom is 0.290 e. The first kappa shape index (κ1) is 17.0. The van der Waals surface area contributed by atoms with Crippen LogP contribution in [0.3, 0.4) is 0 Å². The van der Waals surface area contributed by atoms with Crippen LogP contribution in [0.4, 0.5) is 5.82 Å². The molecule has 0 bridgehead atoms. The quantitative estimate of drug-likeness (QED) is 0.762. The molecule has 1 aliphatic rings. The van der Waals surface area contributed by atoms with Crippen LogP contribution in [0.5, 0.6) is 0 Å². The third kappa shape index (κ3) is 4.81. The summed E-state index contributed by atoms with van der Waals surface area (Å²) in [6, 6.07) is 0.768. The highest BCUT2D eigenvalue weighted by Crippen LogP contribution is 2.15. The van der Waals surface area contributed by atoms with E-state index in [4.69, 9.17) is 4.74 Å². The van der Waals surface area contributed by atoms with Crippen LogP contribution in [0.1, 0.15) is 39.0 Å². The first-order valence-electron chi connectivity index (χ1n) is 8.28. The summed E-state index contributed by atoms with van der Waals surface area (Å²) < 4.78 is 5.33. The molecule has 0 aliphatic carbocycles. The lowest BCUT2D eigenvalue weighted by Gasteiger charge is -2.35. The summed E-state index contributed by atoms with van der Waals surface area (Å²) in [4.78, 5) is 20.9. The number of aromatic nitrogens is 2. The fourth-order valence-electron chi connectivity index (χ4n) is 3.07. The summed E-state index contributed by atoms with van der Waals surface area (Å²) >= 11 is 0. The molecule has 6 heteroatoms. The molecule has 1 aliphatic heterocycles.